The number of aromatic nitrogens is 1. The van der Waals surface area contributed by atoms with Crippen LogP contribution in [0, 0.1) is 0 Å². The van der Waals surface area contributed by atoms with E-state index >= 15 is 0 Å². The smallest absolute Gasteiger partial charge is 0.191 e. The number of thiazole rings is 1. The van der Waals surface area contributed by atoms with E-state index in [0.717, 1.165) is 56.4 Å². The van der Waals surface area contributed by atoms with Crippen molar-refractivity contribution >= 4 is 17.3 Å². The SMILES string of the molecule is CCc1nc(CCNC(=NC)NCC(c2ccc(OC)cc2)N2CCCCC2)cs1. The zero-order chi connectivity index (χ0) is 21.2. The van der Waals surface area contributed by atoms with E-state index < -0.39 is 0 Å². The van der Waals surface area contributed by atoms with Gasteiger partial charge in [0.25, 0.3) is 0 Å². The standard InChI is InChI=1S/C23H35N5OS/c1-4-22-27-19(17-30-22)12-13-25-23(24-2)26-16-21(28-14-6-5-7-15-28)18-8-10-20(29-3)11-9-18/h8-11,17,21H,4-7,12-16H2,1-3H3,(H2,24,25,26). The van der Waals surface area contributed by atoms with Gasteiger partial charge in [0.05, 0.1) is 23.9 Å². The molecule has 0 radical (unpaired) electrons. The topological polar surface area (TPSA) is 61.8 Å². The van der Waals surface area contributed by atoms with Gasteiger partial charge in [0, 0.05) is 31.9 Å². The molecule has 2 heterocycles. The number of methoxy groups -OCH3 is 1. The van der Waals surface area contributed by atoms with E-state index in [1.807, 2.05) is 7.05 Å². The second kappa shape index (κ2) is 11.9. The lowest BCUT2D eigenvalue weighted by molar-refractivity contribution is 0.164. The molecule has 7 heteroatoms. The summed E-state index contributed by atoms with van der Waals surface area (Å²) in [6.07, 6.45) is 5.79. The summed E-state index contributed by atoms with van der Waals surface area (Å²) < 4.78 is 5.34. The van der Waals surface area contributed by atoms with Crippen molar-refractivity contribution in [2.75, 3.05) is 40.3 Å². The van der Waals surface area contributed by atoms with Gasteiger partial charge >= 0.3 is 0 Å². The fourth-order valence-corrected chi connectivity index (χ4v) is 4.64. The molecule has 30 heavy (non-hydrogen) atoms. The average Bonchev–Trinajstić information content (AvgIpc) is 3.27. The highest BCUT2D eigenvalue weighted by atomic mass is 32.1. The van der Waals surface area contributed by atoms with Crippen LogP contribution < -0.4 is 15.4 Å². The molecule has 0 amide bonds. The maximum Gasteiger partial charge on any atom is 0.191 e. The lowest BCUT2D eigenvalue weighted by Crippen LogP contribution is -2.44. The number of benzene rings is 1. The van der Waals surface area contributed by atoms with Crippen molar-refractivity contribution in [3.63, 3.8) is 0 Å². The molecular weight excluding hydrogens is 394 g/mol. The van der Waals surface area contributed by atoms with Gasteiger partial charge in [-0.3, -0.25) is 9.89 Å². The summed E-state index contributed by atoms with van der Waals surface area (Å²) in [6.45, 7) is 6.09. The first-order valence-electron chi connectivity index (χ1n) is 11.0. The third kappa shape index (κ3) is 6.44. The van der Waals surface area contributed by atoms with Crippen LogP contribution in [0.2, 0.25) is 0 Å². The van der Waals surface area contributed by atoms with Crippen LogP contribution in [0.15, 0.2) is 34.6 Å². The van der Waals surface area contributed by atoms with Gasteiger partial charge in [-0.1, -0.05) is 25.5 Å². The molecule has 1 saturated heterocycles. The number of nitrogens with one attached hydrogen (secondary N) is 2. The Bertz CT molecular complexity index is 783. The van der Waals surface area contributed by atoms with Crippen LogP contribution in [-0.4, -0.2) is 56.2 Å². The Morgan fingerprint density at radius 1 is 1.20 bits per heavy atom. The second-order valence-corrected chi connectivity index (χ2v) is 8.54. The van der Waals surface area contributed by atoms with E-state index in [1.54, 1.807) is 18.4 Å². The highest BCUT2D eigenvalue weighted by Crippen LogP contribution is 2.25. The van der Waals surface area contributed by atoms with Gasteiger partial charge in [-0.15, -0.1) is 11.3 Å². The Hall–Kier alpha value is -2.12. The van der Waals surface area contributed by atoms with E-state index in [1.165, 1.54) is 29.8 Å². The number of rotatable bonds is 9. The highest BCUT2D eigenvalue weighted by molar-refractivity contribution is 7.09. The molecule has 0 saturated carbocycles. The number of aryl methyl sites for hydroxylation is 1. The van der Waals surface area contributed by atoms with Gasteiger partial charge in [0.1, 0.15) is 5.75 Å². The summed E-state index contributed by atoms with van der Waals surface area (Å²) in [5.74, 6) is 1.74. The van der Waals surface area contributed by atoms with Crippen molar-refractivity contribution in [2.45, 2.75) is 45.1 Å². The highest BCUT2D eigenvalue weighted by Gasteiger charge is 2.22. The van der Waals surface area contributed by atoms with Crippen molar-refractivity contribution in [2.24, 2.45) is 4.99 Å². The number of nitrogens with zero attached hydrogens (tertiary/aromatic N) is 3. The van der Waals surface area contributed by atoms with Crippen LogP contribution in [0.5, 0.6) is 5.75 Å². The third-order valence-corrected chi connectivity index (χ3v) is 6.64. The maximum atomic E-state index is 5.34. The van der Waals surface area contributed by atoms with E-state index in [-0.39, 0.29) is 0 Å². The molecule has 164 valence electrons. The Balaban J connectivity index is 1.56. The molecule has 2 aromatic rings. The molecule has 2 N–H and O–H groups in total. The Morgan fingerprint density at radius 2 is 1.97 bits per heavy atom. The zero-order valence-corrected chi connectivity index (χ0v) is 19.3. The molecule has 1 fully saturated rings. The molecule has 1 aromatic carbocycles. The molecule has 6 nitrogen and oxygen atoms in total. The minimum Gasteiger partial charge on any atom is -0.497 e. The monoisotopic (exact) mass is 429 g/mol. The predicted molar refractivity (Wildman–Crippen MR) is 126 cm³/mol. The summed E-state index contributed by atoms with van der Waals surface area (Å²) >= 11 is 1.75. The van der Waals surface area contributed by atoms with E-state index in [2.05, 4.69) is 62.1 Å². The van der Waals surface area contributed by atoms with Crippen molar-refractivity contribution in [3.05, 3.63) is 45.9 Å². The van der Waals surface area contributed by atoms with Crippen LogP contribution in [-0.2, 0) is 12.8 Å². The molecule has 0 spiro atoms. The largest absolute Gasteiger partial charge is 0.497 e. The van der Waals surface area contributed by atoms with Gasteiger partial charge in [0.2, 0.25) is 0 Å². The summed E-state index contributed by atoms with van der Waals surface area (Å²) in [6, 6.07) is 8.79. The van der Waals surface area contributed by atoms with E-state index in [0.29, 0.717) is 6.04 Å². The zero-order valence-electron chi connectivity index (χ0n) is 18.5. The van der Waals surface area contributed by atoms with Crippen molar-refractivity contribution in [1.82, 2.24) is 20.5 Å². The number of aliphatic imine (C=N–C) groups is 1. The number of ether oxygens (including phenoxy) is 1. The Labute approximate surface area is 184 Å². The Morgan fingerprint density at radius 3 is 2.60 bits per heavy atom. The first-order chi connectivity index (χ1) is 14.7. The van der Waals surface area contributed by atoms with Crippen LogP contribution in [0.25, 0.3) is 0 Å². The summed E-state index contributed by atoms with van der Waals surface area (Å²) in [7, 11) is 3.54. The molecule has 1 aromatic heterocycles. The van der Waals surface area contributed by atoms with E-state index in [9.17, 15) is 0 Å². The Kier molecular flexibility index (Phi) is 8.96. The molecule has 3 rings (SSSR count). The van der Waals surface area contributed by atoms with Gasteiger partial charge in [0.15, 0.2) is 5.96 Å². The van der Waals surface area contributed by atoms with Gasteiger partial charge < -0.3 is 15.4 Å². The van der Waals surface area contributed by atoms with Gasteiger partial charge in [-0.05, 0) is 50.0 Å². The lowest BCUT2D eigenvalue weighted by Gasteiger charge is -2.35. The average molecular weight is 430 g/mol. The van der Waals surface area contributed by atoms with E-state index in [4.69, 9.17) is 4.74 Å². The predicted octanol–water partition coefficient (Wildman–Crippen LogP) is 3.65. The minimum absolute atomic E-state index is 0.320. The van der Waals surface area contributed by atoms with Crippen LogP contribution >= 0.6 is 11.3 Å². The molecule has 0 bridgehead atoms. The normalized spacial score (nSPS) is 16.3. The van der Waals surface area contributed by atoms with Gasteiger partial charge in [-0.2, -0.15) is 0 Å². The number of hydrogen-bond acceptors (Lipinski definition) is 5. The van der Waals surface area contributed by atoms with Crippen LogP contribution in [0.4, 0.5) is 0 Å². The molecule has 1 unspecified atom stereocenters. The first kappa shape index (κ1) is 22.6. The number of hydrogen-bond donors (Lipinski definition) is 2. The number of guanidine groups is 1. The summed E-state index contributed by atoms with van der Waals surface area (Å²) in [5.41, 5.74) is 2.47. The van der Waals surface area contributed by atoms with Crippen LogP contribution in [0.3, 0.4) is 0 Å². The van der Waals surface area contributed by atoms with Crippen molar-refractivity contribution < 1.29 is 4.74 Å². The quantitative estimate of drug-likeness (QED) is 0.471. The van der Waals surface area contributed by atoms with Gasteiger partial charge in [-0.25, -0.2) is 4.98 Å². The molecule has 1 aliphatic heterocycles. The summed E-state index contributed by atoms with van der Waals surface area (Å²) in [5, 5.41) is 10.3. The van der Waals surface area contributed by atoms with Crippen LogP contribution in [0.1, 0.15) is 48.5 Å². The first-order valence-corrected chi connectivity index (χ1v) is 11.9. The number of likely N-dealkylation sites (tertiary alicyclic amines) is 1. The lowest BCUT2D eigenvalue weighted by atomic mass is 10.0. The second-order valence-electron chi connectivity index (χ2n) is 7.60. The molecule has 1 aliphatic rings. The fraction of sp³-hybridized carbons (Fsp3) is 0.565. The minimum atomic E-state index is 0.320. The number of piperidine rings is 1. The van der Waals surface area contributed by atoms with Crippen molar-refractivity contribution in [3.8, 4) is 5.75 Å². The third-order valence-electron chi connectivity index (χ3n) is 5.59. The molecular formula is C23H35N5OS. The fourth-order valence-electron chi connectivity index (χ4n) is 3.86. The van der Waals surface area contributed by atoms with Crippen molar-refractivity contribution in [1.29, 1.82) is 0 Å². The maximum absolute atomic E-state index is 5.34. The summed E-state index contributed by atoms with van der Waals surface area (Å²) in [4.78, 5) is 11.6. The molecule has 0 aliphatic carbocycles. The molecule has 1 atom stereocenters.